The van der Waals surface area contributed by atoms with Crippen LogP contribution in [0.25, 0.3) is 0 Å². The smallest absolute Gasteiger partial charge is 0.417 e. The van der Waals surface area contributed by atoms with E-state index in [9.17, 15) is 27.2 Å². The first-order valence-corrected chi connectivity index (χ1v) is 9.10. The van der Waals surface area contributed by atoms with E-state index < -0.39 is 41.0 Å². The molecule has 1 fully saturated rings. The van der Waals surface area contributed by atoms with Gasteiger partial charge in [0.25, 0.3) is 5.91 Å². The predicted octanol–water partition coefficient (Wildman–Crippen LogP) is 4.57. The van der Waals surface area contributed by atoms with Crippen LogP contribution in [0.1, 0.15) is 61.4 Å². The molecule has 27 heavy (non-hydrogen) atoms. The third-order valence-corrected chi connectivity index (χ3v) is 4.55. The van der Waals surface area contributed by atoms with E-state index in [-0.39, 0.29) is 13.2 Å². The van der Waals surface area contributed by atoms with Crippen LogP contribution < -0.4 is 0 Å². The van der Waals surface area contributed by atoms with Crippen molar-refractivity contribution in [1.29, 1.82) is 0 Å². The molecular formula is C19H23F4NO3. The van der Waals surface area contributed by atoms with Crippen LogP contribution in [0, 0.1) is 5.82 Å². The van der Waals surface area contributed by atoms with Gasteiger partial charge in [-0.05, 0) is 37.5 Å². The second kappa shape index (κ2) is 9.19. The summed E-state index contributed by atoms with van der Waals surface area (Å²) in [6.07, 6.45) is -0.348. The molecule has 0 radical (unpaired) electrons. The van der Waals surface area contributed by atoms with Crippen molar-refractivity contribution in [2.45, 2.75) is 57.7 Å². The number of benzene rings is 1. The zero-order chi connectivity index (χ0) is 20.0. The van der Waals surface area contributed by atoms with Crippen molar-refractivity contribution >= 4 is 11.9 Å². The number of hydrogen-bond donors (Lipinski definition) is 0. The molecule has 1 amide bonds. The summed E-state index contributed by atoms with van der Waals surface area (Å²) in [5, 5.41) is 0. The molecule has 0 aliphatic carbocycles. The highest BCUT2D eigenvalue weighted by atomic mass is 19.4. The second-order valence-corrected chi connectivity index (χ2v) is 6.57. The maximum atomic E-state index is 13.5. The fraction of sp³-hybridized carbons (Fsp3) is 0.579. The number of rotatable bonds is 7. The molecule has 8 heteroatoms. The molecule has 0 N–H and O–H groups in total. The standard InChI is InChI=1S/C19H23F4NO3/c1-2-3-4-5-11-27-18(26)16-7-6-10-24(16)17(25)14-12-13(20)8-9-15(14)19(21,22)23/h8-9,12,16H,2-7,10-11H2,1H3. The fourth-order valence-electron chi connectivity index (χ4n) is 3.15. The van der Waals surface area contributed by atoms with E-state index in [2.05, 4.69) is 6.92 Å². The topological polar surface area (TPSA) is 46.6 Å². The van der Waals surface area contributed by atoms with E-state index in [4.69, 9.17) is 4.74 Å². The van der Waals surface area contributed by atoms with Crippen molar-refractivity contribution in [3.05, 3.63) is 35.1 Å². The summed E-state index contributed by atoms with van der Waals surface area (Å²) in [4.78, 5) is 26.0. The first kappa shape index (κ1) is 21.2. The van der Waals surface area contributed by atoms with E-state index >= 15 is 0 Å². The van der Waals surface area contributed by atoms with Crippen molar-refractivity contribution in [3.8, 4) is 0 Å². The lowest BCUT2D eigenvalue weighted by Crippen LogP contribution is -2.42. The van der Waals surface area contributed by atoms with Gasteiger partial charge >= 0.3 is 12.1 Å². The van der Waals surface area contributed by atoms with Crippen molar-refractivity contribution in [2.75, 3.05) is 13.2 Å². The highest BCUT2D eigenvalue weighted by molar-refractivity contribution is 5.98. The minimum Gasteiger partial charge on any atom is -0.464 e. The van der Waals surface area contributed by atoms with Crippen LogP contribution in [-0.4, -0.2) is 36.0 Å². The number of amides is 1. The van der Waals surface area contributed by atoms with Crippen molar-refractivity contribution in [3.63, 3.8) is 0 Å². The Morgan fingerprint density at radius 1 is 1.22 bits per heavy atom. The normalized spacial score (nSPS) is 17.2. The largest absolute Gasteiger partial charge is 0.464 e. The average Bonchev–Trinajstić information content (AvgIpc) is 3.09. The molecule has 2 rings (SSSR count). The monoisotopic (exact) mass is 389 g/mol. The average molecular weight is 389 g/mol. The summed E-state index contributed by atoms with van der Waals surface area (Å²) in [7, 11) is 0. The Balaban J connectivity index is 2.11. The highest BCUT2D eigenvalue weighted by Crippen LogP contribution is 2.34. The summed E-state index contributed by atoms with van der Waals surface area (Å²) in [6.45, 7) is 2.39. The van der Waals surface area contributed by atoms with Gasteiger partial charge in [-0.2, -0.15) is 13.2 Å². The molecule has 1 atom stereocenters. The molecule has 150 valence electrons. The third-order valence-electron chi connectivity index (χ3n) is 4.55. The molecule has 4 nitrogen and oxygen atoms in total. The van der Waals surface area contributed by atoms with Crippen LogP contribution in [0.2, 0.25) is 0 Å². The summed E-state index contributed by atoms with van der Waals surface area (Å²) in [5.41, 5.74) is -2.00. The minimum atomic E-state index is -4.80. The molecule has 0 spiro atoms. The van der Waals surface area contributed by atoms with Gasteiger partial charge in [-0.15, -0.1) is 0 Å². The zero-order valence-electron chi connectivity index (χ0n) is 15.2. The molecule has 1 aliphatic heterocycles. The lowest BCUT2D eigenvalue weighted by atomic mass is 10.0. The zero-order valence-corrected chi connectivity index (χ0v) is 15.2. The van der Waals surface area contributed by atoms with Crippen LogP contribution in [0.3, 0.4) is 0 Å². The van der Waals surface area contributed by atoms with E-state index in [1.54, 1.807) is 0 Å². The number of unbranched alkanes of at least 4 members (excludes halogenated alkanes) is 3. The number of likely N-dealkylation sites (tertiary alicyclic amines) is 1. The summed E-state index contributed by atoms with van der Waals surface area (Å²) < 4.78 is 58.2. The first-order valence-electron chi connectivity index (χ1n) is 9.10. The van der Waals surface area contributed by atoms with Gasteiger partial charge in [0.15, 0.2) is 0 Å². The molecule has 0 saturated carbocycles. The number of hydrogen-bond acceptors (Lipinski definition) is 3. The van der Waals surface area contributed by atoms with Gasteiger partial charge in [-0.3, -0.25) is 4.79 Å². The lowest BCUT2D eigenvalue weighted by Gasteiger charge is -2.24. The number of carbonyl (C=O) groups excluding carboxylic acids is 2. The summed E-state index contributed by atoms with van der Waals surface area (Å²) in [5.74, 6) is -2.57. The van der Waals surface area contributed by atoms with Crippen LogP contribution in [0.5, 0.6) is 0 Å². The van der Waals surface area contributed by atoms with Crippen LogP contribution in [0.4, 0.5) is 17.6 Å². The van der Waals surface area contributed by atoms with Gasteiger partial charge < -0.3 is 9.64 Å². The number of nitrogens with zero attached hydrogens (tertiary/aromatic N) is 1. The van der Waals surface area contributed by atoms with Crippen molar-refractivity contribution < 1.29 is 31.9 Å². The van der Waals surface area contributed by atoms with E-state index in [0.29, 0.717) is 37.5 Å². The van der Waals surface area contributed by atoms with Gasteiger partial charge in [0.1, 0.15) is 11.9 Å². The summed E-state index contributed by atoms with van der Waals surface area (Å²) >= 11 is 0. The Morgan fingerprint density at radius 2 is 1.96 bits per heavy atom. The van der Waals surface area contributed by atoms with E-state index in [1.165, 1.54) is 0 Å². The molecule has 0 aromatic heterocycles. The fourth-order valence-corrected chi connectivity index (χ4v) is 3.15. The van der Waals surface area contributed by atoms with Gasteiger partial charge in [0.2, 0.25) is 0 Å². The Bertz CT molecular complexity index is 675. The predicted molar refractivity (Wildman–Crippen MR) is 90.6 cm³/mol. The summed E-state index contributed by atoms with van der Waals surface area (Å²) in [6, 6.07) is 0.829. The van der Waals surface area contributed by atoms with Gasteiger partial charge in [-0.1, -0.05) is 26.2 Å². The molecule has 1 saturated heterocycles. The first-order chi connectivity index (χ1) is 12.8. The maximum Gasteiger partial charge on any atom is 0.417 e. The Kier molecular flexibility index (Phi) is 7.21. The molecular weight excluding hydrogens is 366 g/mol. The number of carbonyl (C=O) groups is 2. The molecule has 1 aliphatic rings. The molecule has 1 aromatic carbocycles. The number of ether oxygens (including phenoxy) is 1. The van der Waals surface area contributed by atoms with Gasteiger partial charge in [0.05, 0.1) is 17.7 Å². The van der Waals surface area contributed by atoms with Gasteiger partial charge in [-0.25, -0.2) is 9.18 Å². The molecule has 1 heterocycles. The number of alkyl halides is 3. The van der Waals surface area contributed by atoms with Gasteiger partial charge in [0, 0.05) is 6.54 Å². The molecule has 0 bridgehead atoms. The maximum absolute atomic E-state index is 13.5. The van der Waals surface area contributed by atoms with E-state index in [1.807, 2.05) is 0 Å². The Labute approximate surface area is 155 Å². The highest BCUT2D eigenvalue weighted by Gasteiger charge is 2.40. The Morgan fingerprint density at radius 3 is 2.63 bits per heavy atom. The SMILES string of the molecule is CCCCCCOC(=O)C1CCCN1C(=O)c1cc(F)ccc1C(F)(F)F. The van der Waals surface area contributed by atoms with Crippen LogP contribution in [-0.2, 0) is 15.7 Å². The number of halogens is 4. The van der Waals surface area contributed by atoms with Crippen molar-refractivity contribution in [2.24, 2.45) is 0 Å². The van der Waals surface area contributed by atoms with Crippen molar-refractivity contribution in [1.82, 2.24) is 4.90 Å². The third kappa shape index (κ3) is 5.43. The quantitative estimate of drug-likeness (QED) is 0.390. The lowest BCUT2D eigenvalue weighted by molar-refractivity contribution is -0.148. The second-order valence-electron chi connectivity index (χ2n) is 6.57. The number of esters is 1. The van der Waals surface area contributed by atoms with Crippen LogP contribution >= 0.6 is 0 Å². The molecule has 1 unspecified atom stereocenters. The molecule has 1 aromatic rings. The van der Waals surface area contributed by atoms with Crippen LogP contribution in [0.15, 0.2) is 18.2 Å². The minimum absolute atomic E-state index is 0.127. The Hall–Kier alpha value is -2.12. The van der Waals surface area contributed by atoms with E-state index in [0.717, 1.165) is 24.2 Å².